The number of aromatic nitrogens is 6. The molecule has 1 aliphatic rings. The number of hydrogen-bond acceptors (Lipinski definition) is 2. The lowest BCUT2D eigenvalue weighted by Crippen LogP contribution is -2.11. The number of nitrogens with one attached hydrogen (secondary N) is 1. The van der Waals surface area contributed by atoms with E-state index in [9.17, 15) is 0 Å². The topological polar surface area (TPSA) is 56.4 Å². The summed E-state index contributed by atoms with van der Waals surface area (Å²) in [5.74, 6) is 0.493. The minimum absolute atomic E-state index is 0.493. The zero-order valence-corrected chi connectivity index (χ0v) is 21.4. The van der Waals surface area contributed by atoms with Gasteiger partial charge in [-0.2, -0.15) is 0 Å². The first-order chi connectivity index (χ1) is 18.1. The maximum atomic E-state index is 4.83. The first-order valence-corrected chi connectivity index (χ1v) is 13.2. The van der Waals surface area contributed by atoms with E-state index >= 15 is 0 Å². The summed E-state index contributed by atoms with van der Waals surface area (Å²) in [6.07, 6.45) is 15.6. The van der Waals surface area contributed by atoms with Gasteiger partial charge in [-0.15, -0.1) is 0 Å². The van der Waals surface area contributed by atoms with Crippen molar-refractivity contribution in [3.05, 3.63) is 96.0 Å². The molecule has 4 aromatic heterocycles. The molecule has 1 unspecified atom stereocenters. The lowest BCUT2D eigenvalue weighted by molar-refractivity contribution is 0.721. The van der Waals surface area contributed by atoms with Crippen LogP contribution in [-0.4, -0.2) is 28.9 Å². The third-order valence-electron chi connectivity index (χ3n) is 7.69. The van der Waals surface area contributed by atoms with Crippen molar-refractivity contribution < 1.29 is 0 Å². The molecule has 0 amide bonds. The van der Waals surface area contributed by atoms with E-state index in [-0.39, 0.29) is 0 Å². The molecule has 184 valence electrons. The Morgan fingerprint density at radius 2 is 1.78 bits per heavy atom. The Hall–Kier alpha value is -4.32. The first-order valence-electron chi connectivity index (χ1n) is 13.2. The minimum Gasteiger partial charge on any atom is -0.307 e. The molecule has 6 heteroatoms. The van der Waals surface area contributed by atoms with Gasteiger partial charge >= 0.3 is 0 Å². The Labute approximate surface area is 215 Å². The Morgan fingerprint density at radius 3 is 2.59 bits per heavy atom. The smallest absolute Gasteiger partial charge is 0.0995 e. The molecule has 0 aliphatic heterocycles. The molecule has 0 bridgehead atoms. The molecule has 1 N–H and O–H groups in total. The van der Waals surface area contributed by atoms with Crippen molar-refractivity contribution in [1.82, 2.24) is 28.9 Å². The number of aromatic amines is 1. The fraction of sp³-hybridized carbons (Fsp3) is 0.226. The number of imidazole rings is 1. The molecular weight excluding hydrogens is 456 g/mol. The van der Waals surface area contributed by atoms with Crippen molar-refractivity contribution in [3.8, 4) is 17.1 Å². The molecule has 0 spiro atoms. The highest BCUT2D eigenvalue weighted by atomic mass is 15.3. The SMILES string of the molecule is CCc1cn(-c2cc(-n3cc(CC)[nH]3)cc(-n3c4cc5c(cc4c4ncccc43)C=CCC5C)c2)cn1. The Bertz CT molecular complexity index is 1790. The van der Waals surface area contributed by atoms with Crippen molar-refractivity contribution >= 4 is 28.0 Å². The highest BCUT2D eigenvalue weighted by Crippen LogP contribution is 2.38. The monoisotopic (exact) mass is 486 g/mol. The number of nitrogens with zero attached hydrogens (tertiary/aromatic N) is 5. The van der Waals surface area contributed by atoms with E-state index in [0.717, 1.165) is 53.1 Å². The summed E-state index contributed by atoms with van der Waals surface area (Å²) in [7, 11) is 0. The van der Waals surface area contributed by atoms with Crippen LogP contribution in [0.1, 0.15) is 55.6 Å². The lowest BCUT2D eigenvalue weighted by atomic mass is 9.87. The quantitative estimate of drug-likeness (QED) is 0.282. The van der Waals surface area contributed by atoms with E-state index in [1.807, 2.05) is 18.6 Å². The third-order valence-corrected chi connectivity index (χ3v) is 7.69. The molecule has 4 heterocycles. The van der Waals surface area contributed by atoms with E-state index < -0.39 is 0 Å². The van der Waals surface area contributed by atoms with Crippen molar-refractivity contribution in [3.63, 3.8) is 0 Å². The van der Waals surface area contributed by atoms with Gasteiger partial charge in [0.2, 0.25) is 0 Å². The van der Waals surface area contributed by atoms with Gasteiger partial charge in [0.15, 0.2) is 0 Å². The predicted octanol–water partition coefficient (Wildman–Crippen LogP) is 7.13. The maximum Gasteiger partial charge on any atom is 0.0995 e. The standard InChI is InChI=1S/C31H30N6/c1-4-22-17-35(19-33-22)24-13-25(36-18-23(5-2)34-36)15-26(14-24)37-29-10-7-11-32-31(29)28-12-21-9-6-8-20(3)27(21)16-30(28)37/h6-7,9-20,34H,4-5,8H2,1-3H3. The van der Waals surface area contributed by atoms with Crippen LogP contribution in [0.25, 0.3) is 45.1 Å². The fourth-order valence-corrected chi connectivity index (χ4v) is 5.58. The zero-order valence-electron chi connectivity index (χ0n) is 21.4. The van der Waals surface area contributed by atoms with Gasteiger partial charge in [-0.25, -0.2) is 4.98 Å². The number of allylic oxidation sites excluding steroid dienone is 1. The van der Waals surface area contributed by atoms with Gasteiger partial charge < -0.3 is 9.13 Å². The van der Waals surface area contributed by atoms with Gasteiger partial charge in [-0.1, -0.05) is 32.9 Å². The van der Waals surface area contributed by atoms with Crippen LogP contribution in [0, 0.1) is 0 Å². The summed E-state index contributed by atoms with van der Waals surface area (Å²) in [5, 5.41) is 4.66. The van der Waals surface area contributed by atoms with Crippen LogP contribution in [0.5, 0.6) is 0 Å². The normalized spacial score (nSPS) is 15.2. The summed E-state index contributed by atoms with van der Waals surface area (Å²) in [6, 6.07) is 15.6. The van der Waals surface area contributed by atoms with Gasteiger partial charge in [0.05, 0.1) is 45.6 Å². The molecular formula is C31H30N6. The summed E-state index contributed by atoms with van der Waals surface area (Å²) in [5.41, 5.74) is 11.6. The van der Waals surface area contributed by atoms with Crippen LogP contribution in [0.3, 0.4) is 0 Å². The number of H-pyrrole nitrogens is 1. The van der Waals surface area contributed by atoms with Crippen LogP contribution >= 0.6 is 0 Å². The number of rotatable bonds is 5. The maximum absolute atomic E-state index is 4.83. The Balaban J connectivity index is 1.52. The average Bonchev–Trinajstić information content (AvgIpc) is 3.50. The summed E-state index contributed by atoms with van der Waals surface area (Å²) in [6.45, 7) is 6.62. The molecule has 37 heavy (non-hydrogen) atoms. The number of pyridine rings is 1. The molecule has 0 fully saturated rings. The average molecular weight is 487 g/mol. The number of benzene rings is 2. The predicted molar refractivity (Wildman–Crippen MR) is 150 cm³/mol. The van der Waals surface area contributed by atoms with Crippen LogP contribution in [0.2, 0.25) is 0 Å². The highest BCUT2D eigenvalue weighted by molar-refractivity contribution is 6.08. The van der Waals surface area contributed by atoms with Gasteiger partial charge in [0.25, 0.3) is 0 Å². The van der Waals surface area contributed by atoms with Crippen molar-refractivity contribution in [1.29, 1.82) is 0 Å². The van der Waals surface area contributed by atoms with Gasteiger partial charge in [0, 0.05) is 29.7 Å². The van der Waals surface area contributed by atoms with E-state index in [1.165, 1.54) is 27.7 Å². The van der Waals surface area contributed by atoms with E-state index in [4.69, 9.17) is 4.98 Å². The zero-order chi connectivity index (χ0) is 25.1. The Kier molecular flexibility index (Phi) is 4.96. The molecule has 7 rings (SSSR count). The summed E-state index contributed by atoms with van der Waals surface area (Å²) in [4.78, 5) is 9.42. The van der Waals surface area contributed by atoms with Crippen LogP contribution in [0.4, 0.5) is 0 Å². The van der Waals surface area contributed by atoms with Gasteiger partial charge in [-0.3, -0.25) is 14.8 Å². The summed E-state index contributed by atoms with van der Waals surface area (Å²) < 4.78 is 6.60. The van der Waals surface area contributed by atoms with E-state index in [2.05, 4.69) is 106 Å². The largest absolute Gasteiger partial charge is 0.307 e. The second-order valence-corrected chi connectivity index (χ2v) is 10.1. The molecule has 0 saturated carbocycles. The number of hydrogen-bond donors (Lipinski definition) is 1. The molecule has 1 atom stereocenters. The molecule has 6 nitrogen and oxygen atoms in total. The first kappa shape index (κ1) is 21.9. The van der Waals surface area contributed by atoms with Crippen molar-refractivity contribution in [2.45, 2.75) is 46.0 Å². The van der Waals surface area contributed by atoms with Gasteiger partial charge in [-0.05, 0) is 78.8 Å². The van der Waals surface area contributed by atoms with Crippen LogP contribution in [0.15, 0.2) is 73.5 Å². The molecule has 0 saturated heterocycles. The molecule has 0 radical (unpaired) electrons. The number of fused-ring (bicyclic) bond motifs is 4. The third kappa shape index (κ3) is 3.47. The van der Waals surface area contributed by atoms with Crippen LogP contribution in [-0.2, 0) is 12.8 Å². The Morgan fingerprint density at radius 1 is 0.946 bits per heavy atom. The molecule has 2 aromatic carbocycles. The second kappa shape index (κ2) is 8.37. The summed E-state index contributed by atoms with van der Waals surface area (Å²) >= 11 is 0. The molecule has 6 aromatic rings. The van der Waals surface area contributed by atoms with Gasteiger partial charge in [0.1, 0.15) is 0 Å². The van der Waals surface area contributed by atoms with E-state index in [1.54, 1.807) is 0 Å². The molecule has 1 aliphatic carbocycles. The minimum atomic E-state index is 0.493. The number of aryl methyl sites for hydroxylation is 2. The fourth-order valence-electron chi connectivity index (χ4n) is 5.58. The highest BCUT2D eigenvalue weighted by Gasteiger charge is 2.20. The lowest BCUT2D eigenvalue weighted by Gasteiger charge is -2.20. The van der Waals surface area contributed by atoms with Crippen molar-refractivity contribution in [2.24, 2.45) is 0 Å². The van der Waals surface area contributed by atoms with E-state index in [0.29, 0.717) is 5.92 Å². The second-order valence-electron chi connectivity index (χ2n) is 10.1. The van der Waals surface area contributed by atoms with Crippen molar-refractivity contribution in [2.75, 3.05) is 0 Å². The van der Waals surface area contributed by atoms with Crippen LogP contribution < -0.4 is 0 Å².